The zero-order chi connectivity index (χ0) is 19.2. The van der Waals surface area contributed by atoms with Crippen molar-refractivity contribution < 1.29 is 0 Å². The van der Waals surface area contributed by atoms with Crippen LogP contribution in [0.2, 0.25) is 0 Å². The number of anilines is 1. The minimum Gasteiger partial charge on any atom is -0.349 e. The lowest BCUT2D eigenvalue weighted by Gasteiger charge is -2.43. The first-order valence-electron chi connectivity index (χ1n) is 9.34. The van der Waals surface area contributed by atoms with E-state index in [2.05, 4.69) is 85.3 Å². The van der Waals surface area contributed by atoms with Crippen LogP contribution in [0, 0.1) is 5.41 Å². The van der Waals surface area contributed by atoms with Gasteiger partial charge >= 0.3 is 0 Å². The molecule has 140 valence electrons. The van der Waals surface area contributed by atoms with Crippen molar-refractivity contribution >= 4 is 11.5 Å². The van der Waals surface area contributed by atoms with E-state index < -0.39 is 0 Å². The van der Waals surface area contributed by atoms with Gasteiger partial charge in [0.05, 0.1) is 6.20 Å². The van der Waals surface area contributed by atoms with Crippen molar-refractivity contribution in [2.75, 3.05) is 4.90 Å². The van der Waals surface area contributed by atoms with Gasteiger partial charge in [0.2, 0.25) is 0 Å². The van der Waals surface area contributed by atoms with Crippen LogP contribution in [0.1, 0.15) is 81.2 Å². The average Bonchev–Trinajstić information content (AvgIpc) is 2.77. The molecular weight excluding hydrogens is 308 g/mol. The molecule has 0 fully saturated rings. The van der Waals surface area contributed by atoms with E-state index in [9.17, 15) is 0 Å². The highest BCUT2D eigenvalue weighted by atomic mass is 15.3. The lowest BCUT2D eigenvalue weighted by molar-refractivity contribution is 0.313. The number of hydrogen-bond donors (Lipinski definition) is 0. The maximum absolute atomic E-state index is 5.05. The van der Waals surface area contributed by atoms with E-state index in [1.165, 1.54) is 5.56 Å². The molecule has 0 saturated heterocycles. The van der Waals surface area contributed by atoms with Crippen LogP contribution in [-0.4, -0.2) is 26.2 Å². The Kier molecular flexibility index (Phi) is 4.97. The third kappa shape index (κ3) is 4.53. The van der Waals surface area contributed by atoms with Crippen molar-refractivity contribution in [3.05, 3.63) is 24.0 Å². The minimum absolute atomic E-state index is 0.00206. The smallest absolute Gasteiger partial charge is 0.161 e. The van der Waals surface area contributed by atoms with Gasteiger partial charge in [0.1, 0.15) is 5.82 Å². The molecule has 2 rings (SSSR count). The zero-order valence-electron chi connectivity index (χ0n) is 17.8. The summed E-state index contributed by atoms with van der Waals surface area (Å²) in [6, 6.07) is 2.49. The number of aromatic nitrogens is 3. The Morgan fingerprint density at radius 3 is 2.12 bits per heavy atom. The molecule has 2 aromatic heterocycles. The minimum atomic E-state index is -0.00206. The molecular formula is C21H36N4. The van der Waals surface area contributed by atoms with E-state index in [-0.39, 0.29) is 16.4 Å². The molecule has 0 saturated carbocycles. The summed E-state index contributed by atoms with van der Waals surface area (Å²) < 4.78 is 1.89. The Bertz CT molecular complexity index is 723. The summed E-state index contributed by atoms with van der Waals surface area (Å²) in [4.78, 5) is 7.50. The van der Waals surface area contributed by atoms with Gasteiger partial charge in [-0.25, -0.2) is 9.50 Å². The van der Waals surface area contributed by atoms with Crippen LogP contribution >= 0.6 is 0 Å². The molecule has 0 aromatic carbocycles. The zero-order valence-corrected chi connectivity index (χ0v) is 17.8. The van der Waals surface area contributed by atoms with Gasteiger partial charge in [-0.3, -0.25) is 0 Å². The Morgan fingerprint density at radius 1 is 1.04 bits per heavy atom. The van der Waals surface area contributed by atoms with Gasteiger partial charge in [0.15, 0.2) is 5.65 Å². The first kappa shape index (κ1) is 19.7. The SMILES string of the molecule is C[C@@H](CC(C)(C)C)N(c1ccn2ncc(C(C)(C)C)c2n1)C(C)(C)C. The van der Waals surface area contributed by atoms with Crippen molar-refractivity contribution in [1.29, 1.82) is 0 Å². The van der Waals surface area contributed by atoms with Crippen molar-refractivity contribution in [3.8, 4) is 0 Å². The van der Waals surface area contributed by atoms with Crippen molar-refractivity contribution in [2.24, 2.45) is 5.41 Å². The lowest BCUT2D eigenvalue weighted by atomic mass is 9.86. The third-order valence-corrected chi connectivity index (χ3v) is 4.48. The molecule has 0 bridgehead atoms. The van der Waals surface area contributed by atoms with Crippen molar-refractivity contribution in [2.45, 2.75) is 92.7 Å². The molecule has 2 aromatic rings. The standard InChI is InChI=1S/C21H36N4/c1-15(13-19(2,3)4)25(21(8,9)10)17-11-12-24-18(23-17)16(14-22-24)20(5,6)7/h11-12,14-15H,13H2,1-10H3/t15-/m0/s1. The summed E-state index contributed by atoms with van der Waals surface area (Å²) in [5, 5.41) is 4.49. The van der Waals surface area contributed by atoms with Gasteiger partial charge in [-0.05, 0) is 51.0 Å². The Labute approximate surface area is 153 Å². The van der Waals surface area contributed by atoms with Crippen LogP contribution in [0.25, 0.3) is 5.65 Å². The molecule has 1 atom stereocenters. The Hall–Kier alpha value is -1.58. The lowest BCUT2D eigenvalue weighted by Crippen LogP contribution is -2.49. The summed E-state index contributed by atoms with van der Waals surface area (Å²) in [7, 11) is 0. The normalized spacial score (nSPS) is 14.8. The van der Waals surface area contributed by atoms with E-state index in [0.717, 1.165) is 17.9 Å². The molecule has 0 amide bonds. The van der Waals surface area contributed by atoms with E-state index >= 15 is 0 Å². The number of hydrogen-bond acceptors (Lipinski definition) is 3. The van der Waals surface area contributed by atoms with Gasteiger partial charge in [0, 0.05) is 23.3 Å². The molecule has 4 heteroatoms. The highest BCUT2D eigenvalue weighted by Crippen LogP contribution is 2.32. The summed E-state index contributed by atoms with van der Waals surface area (Å²) in [6.45, 7) is 22.6. The largest absolute Gasteiger partial charge is 0.349 e. The van der Waals surface area contributed by atoms with E-state index in [0.29, 0.717) is 6.04 Å². The molecule has 25 heavy (non-hydrogen) atoms. The fourth-order valence-corrected chi connectivity index (χ4v) is 3.73. The molecule has 0 aliphatic heterocycles. The van der Waals surface area contributed by atoms with Gasteiger partial charge < -0.3 is 4.90 Å². The third-order valence-electron chi connectivity index (χ3n) is 4.48. The number of rotatable bonds is 3. The van der Waals surface area contributed by atoms with Crippen LogP contribution in [0.4, 0.5) is 5.82 Å². The van der Waals surface area contributed by atoms with E-state index in [4.69, 9.17) is 4.98 Å². The Morgan fingerprint density at radius 2 is 1.64 bits per heavy atom. The van der Waals surface area contributed by atoms with Crippen LogP contribution in [0.3, 0.4) is 0 Å². The van der Waals surface area contributed by atoms with E-state index in [1.54, 1.807) is 0 Å². The maximum Gasteiger partial charge on any atom is 0.161 e. The molecule has 0 aliphatic carbocycles. The van der Waals surface area contributed by atoms with Gasteiger partial charge in [-0.15, -0.1) is 0 Å². The fourth-order valence-electron chi connectivity index (χ4n) is 3.73. The number of nitrogens with zero attached hydrogens (tertiary/aromatic N) is 4. The summed E-state index contributed by atoms with van der Waals surface area (Å²) >= 11 is 0. The second-order valence-corrected chi connectivity index (χ2v) is 10.5. The van der Waals surface area contributed by atoms with Crippen LogP contribution < -0.4 is 4.90 Å². The predicted molar refractivity (Wildman–Crippen MR) is 107 cm³/mol. The topological polar surface area (TPSA) is 33.4 Å². The molecule has 0 aliphatic rings. The molecule has 0 radical (unpaired) electrons. The summed E-state index contributed by atoms with van der Waals surface area (Å²) in [5.74, 6) is 1.03. The van der Waals surface area contributed by atoms with Crippen LogP contribution in [0.5, 0.6) is 0 Å². The van der Waals surface area contributed by atoms with Crippen LogP contribution in [0.15, 0.2) is 18.5 Å². The second kappa shape index (κ2) is 6.30. The summed E-state index contributed by atoms with van der Waals surface area (Å²) in [5.41, 5.74) is 2.45. The van der Waals surface area contributed by atoms with Gasteiger partial charge in [-0.1, -0.05) is 41.5 Å². The first-order valence-corrected chi connectivity index (χ1v) is 9.34. The van der Waals surface area contributed by atoms with Gasteiger partial charge in [0.25, 0.3) is 0 Å². The maximum atomic E-state index is 5.05. The quantitative estimate of drug-likeness (QED) is 0.741. The highest BCUT2D eigenvalue weighted by Gasteiger charge is 2.31. The molecule has 0 spiro atoms. The fraction of sp³-hybridized carbons (Fsp3) is 0.714. The average molecular weight is 345 g/mol. The van der Waals surface area contributed by atoms with Crippen LogP contribution in [-0.2, 0) is 5.41 Å². The molecule has 4 nitrogen and oxygen atoms in total. The van der Waals surface area contributed by atoms with Crippen molar-refractivity contribution in [1.82, 2.24) is 14.6 Å². The molecule has 0 unspecified atom stereocenters. The highest BCUT2D eigenvalue weighted by molar-refractivity contribution is 5.56. The first-order chi connectivity index (χ1) is 11.2. The predicted octanol–water partition coefficient (Wildman–Crippen LogP) is 5.46. The molecule has 0 N–H and O–H groups in total. The molecule has 2 heterocycles. The van der Waals surface area contributed by atoms with E-state index in [1.807, 2.05) is 16.9 Å². The van der Waals surface area contributed by atoms with Crippen molar-refractivity contribution in [3.63, 3.8) is 0 Å². The Balaban J connectivity index is 2.54. The second-order valence-electron chi connectivity index (χ2n) is 10.5. The monoisotopic (exact) mass is 344 g/mol. The number of fused-ring (bicyclic) bond motifs is 1. The summed E-state index contributed by atoms with van der Waals surface area (Å²) in [6.07, 6.45) is 5.10. The van der Waals surface area contributed by atoms with Gasteiger partial charge in [-0.2, -0.15) is 5.10 Å².